The molecule has 0 bridgehead atoms. The van der Waals surface area contributed by atoms with E-state index in [1.807, 2.05) is 19.2 Å². The van der Waals surface area contributed by atoms with Gasteiger partial charge in [-0.05, 0) is 31.3 Å². The van der Waals surface area contributed by atoms with Crippen LogP contribution in [-0.4, -0.2) is 71.3 Å². The summed E-state index contributed by atoms with van der Waals surface area (Å²) in [5, 5.41) is 2.84. The van der Waals surface area contributed by atoms with Crippen LogP contribution in [-0.2, 0) is 0 Å². The number of ether oxygens (including phenoxy) is 1. The van der Waals surface area contributed by atoms with Gasteiger partial charge < -0.3 is 19.9 Å². The molecule has 8 heteroatoms. The molecule has 1 aliphatic rings. The van der Waals surface area contributed by atoms with Crippen LogP contribution in [0.1, 0.15) is 21.1 Å². The minimum atomic E-state index is -0.376. The quantitative estimate of drug-likeness (QED) is 0.733. The van der Waals surface area contributed by atoms with Crippen LogP contribution in [0.25, 0.3) is 5.52 Å². The predicted octanol–water partition coefficient (Wildman–Crippen LogP) is 1.98. The summed E-state index contributed by atoms with van der Waals surface area (Å²) in [5.41, 5.74) is 1.40. The van der Waals surface area contributed by atoms with E-state index in [4.69, 9.17) is 4.74 Å². The van der Waals surface area contributed by atoms with Gasteiger partial charge in [-0.25, -0.2) is 4.98 Å². The number of nitrogens with zero attached hydrogens (tertiary/aromatic N) is 4. The number of nitrogens with one attached hydrogen (secondary N) is 1. The molecule has 1 N–H and O–H groups in total. The Morgan fingerprint density at radius 3 is 2.62 bits per heavy atom. The molecule has 4 rings (SSSR count). The van der Waals surface area contributed by atoms with Crippen molar-refractivity contribution in [2.24, 2.45) is 0 Å². The van der Waals surface area contributed by atoms with Crippen molar-refractivity contribution in [3.63, 3.8) is 0 Å². The Morgan fingerprint density at radius 2 is 1.86 bits per heavy atom. The van der Waals surface area contributed by atoms with Crippen LogP contribution < -0.4 is 10.1 Å². The van der Waals surface area contributed by atoms with Gasteiger partial charge in [0, 0.05) is 44.1 Å². The Hall–Kier alpha value is -3.39. The van der Waals surface area contributed by atoms with Crippen LogP contribution in [0.3, 0.4) is 0 Å². The zero-order chi connectivity index (χ0) is 20.4. The fraction of sp³-hybridized carbons (Fsp3) is 0.286. The maximum atomic E-state index is 13.1. The second kappa shape index (κ2) is 7.92. The van der Waals surface area contributed by atoms with E-state index in [1.165, 1.54) is 0 Å². The average molecular weight is 393 g/mol. The molecule has 0 spiro atoms. The highest BCUT2D eigenvalue weighted by Gasteiger charge is 2.27. The largest absolute Gasteiger partial charge is 0.497 e. The first-order chi connectivity index (χ1) is 14.1. The van der Waals surface area contributed by atoms with Gasteiger partial charge in [-0.3, -0.25) is 14.0 Å². The van der Waals surface area contributed by atoms with E-state index < -0.39 is 0 Å². The number of likely N-dealkylation sites (N-methyl/N-ethyl adjacent to an activating group) is 1. The smallest absolute Gasteiger partial charge is 0.290 e. The number of hydrogen-bond acceptors (Lipinski definition) is 5. The van der Waals surface area contributed by atoms with Gasteiger partial charge in [0.15, 0.2) is 5.69 Å². The lowest BCUT2D eigenvalue weighted by Crippen LogP contribution is -2.47. The summed E-state index contributed by atoms with van der Waals surface area (Å²) in [6.45, 7) is 2.92. The molecule has 2 amide bonds. The lowest BCUT2D eigenvalue weighted by molar-refractivity contribution is 0.0651. The van der Waals surface area contributed by atoms with Gasteiger partial charge in [0.2, 0.25) is 5.82 Å². The molecule has 0 radical (unpaired) electrons. The zero-order valence-corrected chi connectivity index (χ0v) is 16.5. The molecule has 3 heterocycles. The summed E-state index contributed by atoms with van der Waals surface area (Å²) >= 11 is 0. The zero-order valence-electron chi connectivity index (χ0n) is 16.5. The number of benzene rings is 1. The predicted molar refractivity (Wildman–Crippen MR) is 110 cm³/mol. The van der Waals surface area contributed by atoms with Crippen molar-refractivity contribution in [1.82, 2.24) is 19.2 Å². The Kier molecular flexibility index (Phi) is 5.18. The summed E-state index contributed by atoms with van der Waals surface area (Å²) in [6, 6.07) is 12.5. The minimum absolute atomic E-state index is 0.167. The molecule has 0 saturated carbocycles. The van der Waals surface area contributed by atoms with Crippen molar-refractivity contribution in [2.75, 3.05) is 45.7 Å². The van der Waals surface area contributed by atoms with Gasteiger partial charge in [-0.15, -0.1) is 0 Å². The van der Waals surface area contributed by atoms with E-state index in [1.54, 1.807) is 52.9 Å². The maximum absolute atomic E-state index is 13.1. The van der Waals surface area contributed by atoms with Gasteiger partial charge in [-0.1, -0.05) is 12.1 Å². The lowest BCUT2D eigenvalue weighted by atomic mass is 10.2. The molecule has 1 saturated heterocycles. The highest BCUT2D eigenvalue weighted by atomic mass is 16.5. The topological polar surface area (TPSA) is 79.2 Å². The number of rotatable bonds is 4. The summed E-state index contributed by atoms with van der Waals surface area (Å²) < 4.78 is 6.88. The number of fused-ring (bicyclic) bond motifs is 1. The van der Waals surface area contributed by atoms with Crippen molar-refractivity contribution in [3.05, 3.63) is 60.2 Å². The average Bonchev–Trinajstić information content (AvgIpc) is 3.14. The lowest BCUT2D eigenvalue weighted by Gasteiger charge is -2.31. The number of carbonyl (C=O) groups excluding carboxylic acids is 2. The Labute approximate surface area is 168 Å². The van der Waals surface area contributed by atoms with Gasteiger partial charge in [0.25, 0.3) is 11.8 Å². The Balaban J connectivity index is 1.65. The summed E-state index contributed by atoms with van der Waals surface area (Å²) in [5.74, 6) is 0.350. The molecule has 8 nitrogen and oxygen atoms in total. The highest BCUT2D eigenvalue weighted by molar-refractivity contribution is 6.09. The molecule has 1 fully saturated rings. The third-order valence-electron chi connectivity index (χ3n) is 5.07. The van der Waals surface area contributed by atoms with Gasteiger partial charge in [-0.2, -0.15) is 0 Å². The standard InChI is InChI=1S/C21H23N5O3/c1-24-10-12-25(13-11-24)21(28)19-23-18(17-8-3-4-9-26(17)19)20(27)22-15-6-5-7-16(14-15)29-2/h3-9,14H,10-13H2,1-2H3,(H,22,27). The molecule has 150 valence electrons. The maximum Gasteiger partial charge on any atom is 0.290 e. The normalized spacial score (nSPS) is 14.8. The van der Waals surface area contributed by atoms with Crippen molar-refractivity contribution in [3.8, 4) is 5.75 Å². The first kappa shape index (κ1) is 18.9. The van der Waals surface area contributed by atoms with E-state index in [0.717, 1.165) is 13.1 Å². The molecule has 1 aromatic carbocycles. The number of amides is 2. The number of anilines is 1. The number of aromatic nitrogens is 2. The van der Waals surface area contributed by atoms with Crippen LogP contribution in [0.2, 0.25) is 0 Å². The summed E-state index contributed by atoms with van der Waals surface area (Å²) in [4.78, 5) is 34.4. The van der Waals surface area contributed by atoms with E-state index in [2.05, 4.69) is 15.2 Å². The third kappa shape index (κ3) is 3.79. The number of imidazole rings is 1. The Morgan fingerprint density at radius 1 is 1.07 bits per heavy atom. The summed E-state index contributed by atoms with van der Waals surface area (Å²) in [7, 11) is 3.60. The summed E-state index contributed by atoms with van der Waals surface area (Å²) in [6.07, 6.45) is 1.76. The van der Waals surface area contributed by atoms with E-state index in [-0.39, 0.29) is 23.3 Å². The first-order valence-electron chi connectivity index (χ1n) is 9.47. The second-order valence-corrected chi connectivity index (χ2v) is 7.02. The second-order valence-electron chi connectivity index (χ2n) is 7.02. The molecule has 0 unspecified atom stereocenters. The number of piperazine rings is 1. The monoisotopic (exact) mass is 393 g/mol. The van der Waals surface area contributed by atoms with Crippen molar-refractivity contribution < 1.29 is 14.3 Å². The molecule has 1 aliphatic heterocycles. The molecule has 0 aliphatic carbocycles. The van der Waals surface area contributed by atoms with Crippen molar-refractivity contribution >= 4 is 23.0 Å². The van der Waals surface area contributed by atoms with Crippen LogP contribution in [0, 0.1) is 0 Å². The number of carbonyl (C=O) groups is 2. The number of pyridine rings is 1. The van der Waals surface area contributed by atoms with Crippen molar-refractivity contribution in [2.45, 2.75) is 0 Å². The fourth-order valence-corrected chi connectivity index (χ4v) is 3.40. The van der Waals surface area contributed by atoms with Gasteiger partial charge in [0.1, 0.15) is 5.75 Å². The minimum Gasteiger partial charge on any atom is -0.497 e. The van der Waals surface area contributed by atoms with E-state index in [9.17, 15) is 9.59 Å². The molecule has 2 aromatic heterocycles. The van der Waals surface area contributed by atoms with E-state index >= 15 is 0 Å². The van der Waals surface area contributed by atoms with Crippen LogP contribution in [0.4, 0.5) is 5.69 Å². The van der Waals surface area contributed by atoms with Gasteiger partial charge in [0.05, 0.1) is 12.6 Å². The van der Waals surface area contributed by atoms with Gasteiger partial charge >= 0.3 is 0 Å². The fourth-order valence-electron chi connectivity index (χ4n) is 3.40. The molecule has 3 aromatic rings. The SMILES string of the molecule is COc1cccc(NC(=O)c2nc(C(=O)N3CCN(C)CC3)n3ccccc23)c1. The third-order valence-corrected chi connectivity index (χ3v) is 5.07. The van der Waals surface area contributed by atoms with Crippen molar-refractivity contribution in [1.29, 1.82) is 0 Å². The molecular formula is C21H23N5O3. The molecule has 0 atom stereocenters. The van der Waals surface area contributed by atoms with E-state index in [0.29, 0.717) is 30.0 Å². The number of hydrogen-bond donors (Lipinski definition) is 1. The van der Waals surface area contributed by atoms with Crippen LogP contribution in [0.15, 0.2) is 48.7 Å². The Bertz CT molecular complexity index is 1050. The molecule has 29 heavy (non-hydrogen) atoms. The van der Waals surface area contributed by atoms with Crippen LogP contribution >= 0.6 is 0 Å². The molecular weight excluding hydrogens is 370 g/mol. The highest BCUT2D eigenvalue weighted by Crippen LogP contribution is 2.20. The van der Waals surface area contributed by atoms with Crippen LogP contribution in [0.5, 0.6) is 5.75 Å². The first-order valence-corrected chi connectivity index (χ1v) is 9.47. The number of methoxy groups -OCH3 is 1.